The van der Waals surface area contributed by atoms with Gasteiger partial charge in [-0.2, -0.15) is 0 Å². The normalized spacial score (nSPS) is 16.4. The molecule has 0 saturated carbocycles. The molecule has 0 N–H and O–H groups in total. The van der Waals surface area contributed by atoms with Gasteiger partial charge in [0.1, 0.15) is 5.75 Å². The second-order valence-corrected chi connectivity index (χ2v) is 5.82. The Kier molecular flexibility index (Phi) is 4.43. The van der Waals surface area contributed by atoms with E-state index in [1.807, 2.05) is 30.3 Å². The van der Waals surface area contributed by atoms with Crippen molar-refractivity contribution in [2.24, 2.45) is 4.99 Å². The van der Waals surface area contributed by atoms with Crippen molar-refractivity contribution < 1.29 is 18.9 Å². The molecule has 130 valence electrons. The van der Waals surface area contributed by atoms with E-state index < -0.39 is 0 Å². The Morgan fingerprint density at radius 2 is 1.88 bits per heavy atom. The molecule has 0 spiro atoms. The minimum atomic E-state index is 0.263. The summed E-state index contributed by atoms with van der Waals surface area (Å²) in [7, 11) is 1.68. The van der Waals surface area contributed by atoms with Gasteiger partial charge >= 0.3 is 0 Å². The van der Waals surface area contributed by atoms with Gasteiger partial charge in [-0.3, -0.25) is 4.99 Å². The molecular formula is C19H20N2O4. The van der Waals surface area contributed by atoms with Crippen molar-refractivity contribution in [3.8, 4) is 17.2 Å². The van der Waals surface area contributed by atoms with Crippen LogP contribution in [0.2, 0.25) is 0 Å². The van der Waals surface area contributed by atoms with E-state index in [1.54, 1.807) is 13.3 Å². The maximum absolute atomic E-state index is 5.55. The number of fused-ring (bicyclic) bond motifs is 1. The van der Waals surface area contributed by atoms with Crippen LogP contribution in [0.15, 0.2) is 41.4 Å². The second-order valence-electron chi connectivity index (χ2n) is 5.82. The lowest BCUT2D eigenvalue weighted by Gasteiger charge is -2.29. The first kappa shape index (κ1) is 15.8. The average molecular weight is 340 g/mol. The summed E-state index contributed by atoms with van der Waals surface area (Å²) in [5.41, 5.74) is 2.88. The highest BCUT2D eigenvalue weighted by atomic mass is 16.7. The Balaban J connectivity index is 1.55. The van der Waals surface area contributed by atoms with Crippen molar-refractivity contribution in [3.05, 3.63) is 42.0 Å². The van der Waals surface area contributed by atoms with Crippen molar-refractivity contribution in [3.63, 3.8) is 0 Å². The predicted molar refractivity (Wildman–Crippen MR) is 95.8 cm³/mol. The van der Waals surface area contributed by atoms with Crippen molar-refractivity contribution in [2.45, 2.75) is 0 Å². The molecule has 2 aromatic rings. The molecule has 2 aliphatic heterocycles. The Labute approximate surface area is 146 Å². The first-order valence-electron chi connectivity index (χ1n) is 8.28. The van der Waals surface area contributed by atoms with Gasteiger partial charge in [0.2, 0.25) is 6.79 Å². The molecule has 6 nitrogen and oxygen atoms in total. The maximum atomic E-state index is 5.55. The molecule has 1 fully saturated rings. The molecule has 2 aromatic carbocycles. The van der Waals surface area contributed by atoms with Gasteiger partial charge in [-0.15, -0.1) is 0 Å². The van der Waals surface area contributed by atoms with Gasteiger partial charge in [-0.25, -0.2) is 0 Å². The van der Waals surface area contributed by atoms with Crippen LogP contribution in [0.1, 0.15) is 5.56 Å². The lowest BCUT2D eigenvalue weighted by Crippen LogP contribution is -2.36. The van der Waals surface area contributed by atoms with E-state index in [-0.39, 0.29) is 6.79 Å². The summed E-state index contributed by atoms with van der Waals surface area (Å²) in [5, 5.41) is 0. The molecule has 0 bridgehead atoms. The van der Waals surface area contributed by atoms with Gasteiger partial charge in [0.15, 0.2) is 11.5 Å². The molecule has 4 rings (SSSR count). The number of rotatable bonds is 4. The van der Waals surface area contributed by atoms with E-state index in [1.165, 1.54) is 0 Å². The van der Waals surface area contributed by atoms with Crippen LogP contribution in [-0.2, 0) is 4.74 Å². The van der Waals surface area contributed by atoms with E-state index in [2.05, 4.69) is 16.0 Å². The molecule has 0 aromatic heterocycles. The van der Waals surface area contributed by atoms with Crippen molar-refractivity contribution in [1.29, 1.82) is 0 Å². The van der Waals surface area contributed by atoms with Gasteiger partial charge in [0.25, 0.3) is 0 Å². The lowest BCUT2D eigenvalue weighted by atomic mass is 10.1. The molecular weight excluding hydrogens is 320 g/mol. The molecule has 0 atom stereocenters. The van der Waals surface area contributed by atoms with Crippen LogP contribution < -0.4 is 19.1 Å². The summed E-state index contributed by atoms with van der Waals surface area (Å²) in [6.45, 7) is 3.58. The molecule has 1 saturated heterocycles. The fraction of sp³-hybridized carbons (Fsp3) is 0.316. The molecule has 0 amide bonds. The zero-order valence-corrected chi connectivity index (χ0v) is 14.1. The number of ether oxygens (including phenoxy) is 4. The van der Waals surface area contributed by atoms with Crippen LogP contribution in [0.4, 0.5) is 11.4 Å². The zero-order valence-electron chi connectivity index (χ0n) is 14.1. The lowest BCUT2D eigenvalue weighted by molar-refractivity contribution is 0.122. The predicted octanol–water partition coefficient (Wildman–Crippen LogP) is 3.01. The highest BCUT2D eigenvalue weighted by Gasteiger charge is 2.14. The van der Waals surface area contributed by atoms with Crippen molar-refractivity contribution in [2.75, 3.05) is 45.1 Å². The van der Waals surface area contributed by atoms with E-state index in [4.69, 9.17) is 18.9 Å². The average Bonchev–Trinajstić information content (AvgIpc) is 3.14. The van der Waals surface area contributed by atoms with Crippen LogP contribution in [0.25, 0.3) is 0 Å². The summed E-state index contributed by atoms with van der Waals surface area (Å²) in [5.74, 6) is 2.28. The van der Waals surface area contributed by atoms with Crippen molar-refractivity contribution in [1.82, 2.24) is 0 Å². The quantitative estimate of drug-likeness (QED) is 0.801. The van der Waals surface area contributed by atoms with Crippen LogP contribution in [0.5, 0.6) is 17.2 Å². The number of benzene rings is 2. The van der Waals surface area contributed by atoms with E-state index in [0.717, 1.165) is 60.5 Å². The molecule has 0 unspecified atom stereocenters. The Morgan fingerprint density at radius 1 is 1.04 bits per heavy atom. The van der Waals surface area contributed by atoms with Crippen molar-refractivity contribution >= 4 is 17.6 Å². The monoisotopic (exact) mass is 340 g/mol. The third kappa shape index (κ3) is 3.39. The minimum absolute atomic E-state index is 0.263. The number of anilines is 1. The summed E-state index contributed by atoms with van der Waals surface area (Å²) in [6.07, 6.45) is 1.81. The summed E-state index contributed by atoms with van der Waals surface area (Å²) in [4.78, 5) is 6.83. The van der Waals surface area contributed by atoms with Crippen LogP contribution >= 0.6 is 0 Å². The molecule has 6 heteroatoms. The Morgan fingerprint density at radius 3 is 2.72 bits per heavy atom. The highest BCUT2D eigenvalue weighted by molar-refractivity contribution is 5.86. The topological polar surface area (TPSA) is 52.5 Å². The first-order valence-corrected chi connectivity index (χ1v) is 8.28. The Hall–Kier alpha value is -2.73. The van der Waals surface area contributed by atoms with E-state index >= 15 is 0 Å². The second kappa shape index (κ2) is 7.03. The van der Waals surface area contributed by atoms with Crippen LogP contribution in [0.3, 0.4) is 0 Å². The fourth-order valence-electron chi connectivity index (χ4n) is 2.93. The SMILES string of the molecule is COc1cc(N2CCOCC2)ccc1C=Nc1ccc2c(c1)OCO2. The van der Waals surface area contributed by atoms with Crippen LogP contribution in [0, 0.1) is 0 Å². The summed E-state index contributed by atoms with van der Waals surface area (Å²) >= 11 is 0. The summed E-state index contributed by atoms with van der Waals surface area (Å²) in [6, 6.07) is 11.8. The number of nitrogens with zero attached hydrogens (tertiary/aromatic N) is 2. The smallest absolute Gasteiger partial charge is 0.231 e. The number of hydrogen-bond donors (Lipinski definition) is 0. The number of methoxy groups -OCH3 is 1. The molecule has 0 aliphatic carbocycles. The number of morpholine rings is 1. The van der Waals surface area contributed by atoms with Gasteiger partial charge in [-0.1, -0.05) is 0 Å². The standard InChI is InChI=1S/C19H20N2O4/c1-22-18-11-16(21-6-8-23-9-7-21)4-2-14(18)12-20-15-3-5-17-19(10-15)25-13-24-17/h2-5,10-12H,6-9,13H2,1H3. The molecule has 0 radical (unpaired) electrons. The summed E-state index contributed by atoms with van der Waals surface area (Å²) < 4.78 is 21.7. The van der Waals surface area contributed by atoms with Gasteiger partial charge in [0, 0.05) is 42.7 Å². The minimum Gasteiger partial charge on any atom is -0.496 e. The third-order valence-corrected chi connectivity index (χ3v) is 4.30. The van der Waals surface area contributed by atoms with Gasteiger partial charge < -0.3 is 23.8 Å². The maximum Gasteiger partial charge on any atom is 0.231 e. The van der Waals surface area contributed by atoms with E-state index in [9.17, 15) is 0 Å². The zero-order chi connectivity index (χ0) is 17.1. The number of aliphatic imine (C=N–C) groups is 1. The molecule has 2 aliphatic rings. The van der Waals surface area contributed by atoms with E-state index in [0.29, 0.717) is 0 Å². The fourth-order valence-corrected chi connectivity index (χ4v) is 2.93. The third-order valence-electron chi connectivity index (χ3n) is 4.30. The first-order chi connectivity index (χ1) is 12.3. The molecule has 2 heterocycles. The van der Waals surface area contributed by atoms with Gasteiger partial charge in [-0.05, 0) is 24.3 Å². The number of hydrogen-bond acceptors (Lipinski definition) is 6. The van der Waals surface area contributed by atoms with Gasteiger partial charge in [0.05, 0.1) is 26.0 Å². The van der Waals surface area contributed by atoms with Crippen LogP contribution in [-0.4, -0.2) is 46.4 Å². The highest BCUT2D eigenvalue weighted by Crippen LogP contribution is 2.35. The Bertz CT molecular complexity index is 785. The largest absolute Gasteiger partial charge is 0.496 e. The molecule has 25 heavy (non-hydrogen) atoms.